The predicted octanol–water partition coefficient (Wildman–Crippen LogP) is 11.5. The quantitative estimate of drug-likeness (QED) is 0.164. The lowest BCUT2D eigenvalue weighted by Crippen LogP contribution is -2.06. The van der Waals surface area contributed by atoms with Crippen LogP contribution < -0.4 is 0 Å². The molecule has 0 bridgehead atoms. The van der Waals surface area contributed by atoms with E-state index in [0.717, 1.165) is 11.1 Å². The summed E-state index contributed by atoms with van der Waals surface area (Å²) in [5.41, 5.74) is 14.0. The van der Waals surface area contributed by atoms with Gasteiger partial charge < -0.3 is 0 Å². The minimum absolute atomic E-state index is 0.580. The number of rotatable bonds is 6. The van der Waals surface area contributed by atoms with E-state index >= 15 is 0 Å². The van der Waals surface area contributed by atoms with Gasteiger partial charge in [0.05, 0.1) is 0 Å². The van der Waals surface area contributed by atoms with Crippen LogP contribution in [0.25, 0.3) is 44.5 Å². The Labute approximate surface area is 284 Å². The average Bonchev–Trinajstić information content (AvgIpc) is 3.17. The van der Waals surface area contributed by atoms with Crippen molar-refractivity contribution in [2.24, 2.45) is 0 Å². The Balaban J connectivity index is 1.62. The van der Waals surface area contributed by atoms with E-state index in [9.17, 15) is 0 Å². The second-order valence-electron chi connectivity index (χ2n) is 11.6. The maximum atomic E-state index is 3.60. The largest absolute Gasteiger partial charge is 0.0931 e. The van der Waals surface area contributed by atoms with Crippen LogP contribution in [-0.4, -0.2) is 0 Å². The fraction of sp³-hybridized carbons (Fsp3) is 0.0417. The first-order chi connectivity index (χ1) is 23.9. The van der Waals surface area contributed by atoms with Crippen molar-refractivity contribution < 1.29 is 0 Å². The molecule has 0 heterocycles. The fourth-order valence-electron chi connectivity index (χ4n) is 6.39. The van der Waals surface area contributed by atoms with Gasteiger partial charge in [-0.25, -0.2) is 0 Å². The predicted molar refractivity (Wildman–Crippen MR) is 202 cm³/mol. The van der Waals surface area contributed by atoms with Crippen molar-refractivity contribution in [3.8, 4) is 68.2 Å². The maximum absolute atomic E-state index is 3.60. The topological polar surface area (TPSA) is 0 Å². The number of hydrogen-bond donors (Lipinski definition) is 0. The summed E-state index contributed by atoms with van der Waals surface area (Å²) in [5, 5.41) is 0. The molecule has 7 rings (SSSR count). The highest BCUT2D eigenvalue weighted by Crippen LogP contribution is 2.50. The third-order valence-corrected chi connectivity index (χ3v) is 8.51. The van der Waals surface area contributed by atoms with E-state index in [4.69, 9.17) is 0 Å². The summed E-state index contributed by atoms with van der Waals surface area (Å²) in [6, 6.07) is 63.8. The molecule has 0 N–H and O–H groups in total. The Bertz CT molecular complexity index is 2060. The summed E-state index contributed by atoms with van der Waals surface area (Å²) in [4.78, 5) is 0. The Morgan fingerprint density at radius 1 is 0.271 bits per heavy atom. The first-order valence-electron chi connectivity index (χ1n) is 16.4. The lowest BCUT2D eigenvalue weighted by molar-refractivity contribution is 1.19. The molecule has 226 valence electrons. The molecule has 0 amide bonds. The molecule has 0 radical (unpaired) electrons. The van der Waals surface area contributed by atoms with Gasteiger partial charge in [-0.15, -0.1) is 0 Å². The Hall–Kier alpha value is -6.34. The molecular weight excluding hydrogens is 577 g/mol. The van der Waals surface area contributed by atoms with Crippen LogP contribution >= 0.6 is 0 Å². The van der Waals surface area contributed by atoms with Gasteiger partial charge in [0.1, 0.15) is 0 Å². The van der Waals surface area contributed by atoms with Crippen molar-refractivity contribution in [2.45, 2.75) is 12.8 Å². The van der Waals surface area contributed by atoms with Crippen molar-refractivity contribution >= 4 is 0 Å². The molecule has 0 aliphatic carbocycles. The van der Waals surface area contributed by atoms with Crippen LogP contribution in [0.5, 0.6) is 0 Å². The second kappa shape index (κ2) is 14.8. The standard InChI is InChI=1S/C48H34/c1-7-21-37(22-8-1)25-19-35-43-44(36-20-26-38-23-9-2-10-24-38)46(40-29-13-4-14-30-40)48(42-33-17-6-18-34-42)47(41-31-15-5-16-32-41)45(43)39-27-11-3-12-28-39/h1-18,21-24,27-34H,35-36H2. The highest BCUT2D eigenvalue weighted by molar-refractivity contribution is 6.04. The molecule has 0 heteroatoms. The Morgan fingerprint density at radius 3 is 0.812 bits per heavy atom. The zero-order valence-electron chi connectivity index (χ0n) is 26.7. The molecule has 48 heavy (non-hydrogen) atoms. The van der Waals surface area contributed by atoms with Crippen LogP contribution in [0, 0.1) is 23.7 Å². The maximum Gasteiger partial charge on any atom is 0.0353 e. The third-order valence-electron chi connectivity index (χ3n) is 8.51. The summed E-state index contributed by atoms with van der Waals surface area (Å²) in [5.74, 6) is 14.1. The van der Waals surface area contributed by atoms with E-state index in [1.54, 1.807) is 0 Å². The van der Waals surface area contributed by atoms with Gasteiger partial charge in [0.15, 0.2) is 0 Å². The van der Waals surface area contributed by atoms with Gasteiger partial charge in [-0.3, -0.25) is 0 Å². The van der Waals surface area contributed by atoms with Crippen molar-refractivity contribution in [3.63, 3.8) is 0 Å². The van der Waals surface area contributed by atoms with Gasteiger partial charge in [-0.1, -0.05) is 181 Å². The SMILES string of the molecule is C(#Cc1ccccc1)Cc1c(CC#Cc2ccccc2)c(-c2ccccc2)c(-c2ccccc2)c(-c2ccccc2)c1-c1ccccc1. The van der Waals surface area contributed by atoms with Crippen LogP contribution in [-0.2, 0) is 12.8 Å². The molecule has 0 atom stereocenters. The molecular formula is C48H34. The van der Waals surface area contributed by atoms with Gasteiger partial charge in [0.25, 0.3) is 0 Å². The smallest absolute Gasteiger partial charge is 0.0353 e. The van der Waals surface area contributed by atoms with Crippen LogP contribution in [0.3, 0.4) is 0 Å². The molecule has 0 nitrogen and oxygen atoms in total. The van der Waals surface area contributed by atoms with Gasteiger partial charge in [-0.05, 0) is 79.9 Å². The molecule has 0 fully saturated rings. The summed E-state index contributed by atoms with van der Waals surface area (Å²) in [7, 11) is 0. The summed E-state index contributed by atoms with van der Waals surface area (Å²) >= 11 is 0. The zero-order valence-corrected chi connectivity index (χ0v) is 26.7. The molecule has 0 spiro atoms. The van der Waals surface area contributed by atoms with E-state index in [0.29, 0.717) is 12.8 Å². The van der Waals surface area contributed by atoms with E-state index in [1.165, 1.54) is 55.6 Å². The van der Waals surface area contributed by atoms with E-state index in [2.05, 4.69) is 169 Å². The van der Waals surface area contributed by atoms with E-state index in [-0.39, 0.29) is 0 Å². The van der Waals surface area contributed by atoms with Crippen molar-refractivity contribution in [2.75, 3.05) is 0 Å². The molecule has 7 aromatic carbocycles. The first kappa shape index (κ1) is 30.3. The Morgan fingerprint density at radius 2 is 0.521 bits per heavy atom. The molecule has 0 aliphatic heterocycles. The highest BCUT2D eigenvalue weighted by Gasteiger charge is 2.26. The normalized spacial score (nSPS) is 10.3. The van der Waals surface area contributed by atoms with Gasteiger partial charge in [0, 0.05) is 24.0 Å². The minimum atomic E-state index is 0.580. The number of hydrogen-bond acceptors (Lipinski definition) is 0. The zero-order chi connectivity index (χ0) is 32.4. The molecule has 0 saturated carbocycles. The molecule has 0 aromatic heterocycles. The third kappa shape index (κ3) is 6.76. The van der Waals surface area contributed by atoms with E-state index in [1.807, 2.05) is 36.4 Å². The van der Waals surface area contributed by atoms with Crippen LogP contribution in [0.4, 0.5) is 0 Å². The molecule has 0 unspecified atom stereocenters. The van der Waals surface area contributed by atoms with Gasteiger partial charge in [-0.2, -0.15) is 0 Å². The van der Waals surface area contributed by atoms with Crippen LogP contribution in [0.15, 0.2) is 182 Å². The fourth-order valence-corrected chi connectivity index (χ4v) is 6.39. The monoisotopic (exact) mass is 610 g/mol. The van der Waals surface area contributed by atoms with Gasteiger partial charge in [0.2, 0.25) is 0 Å². The van der Waals surface area contributed by atoms with Crippen LogP contribution in [0.1, 0.15) is 22.3 Å². The van der Waals surface area contributed by atoms with E-state index < -0.39 is 0 Å². The first-order valence-corrected chi connectivity index (χ1v) is 16.4. The summed E-state index contributed by atoms with van der Waals surface area (Å²) in [6.07, 6.45) is 1.16. The molecule has 0 aliphatic rings. The number of benzene rings is 7. The summed E-state index contributed by atoms with van der Waals surface area (Å²) < 4.78 is 0. The van der Waals surface area contributed by atoms with Gasteiger partial charge >= 0.3 is 0 Å². The minimum Gasteiger partial charge on any atom is -0.0931 e. The second-order valence-corrected chi connectivity index (χ2v) is 11.6. The summed E-state index contributed by atoms with van der Waals surface area (Å²) in [6.45, 7) is 0. The van der Waals surface area contributed by atoms with Crippen molar-refractivity contribution in [3.05, 3.63) is 204 Å². The molecule has 0 saturated heterocycles. The molecule has 7 aromatic rings. The average molecular weight is 611 g/mol. The van der Waals surface area contributed by atoms with Crippen molar-refractivity contribution in [1.29, 1.82) is 0 Å². The lowest BCUT2D eigenvalue weighted by atomic mass is 9.76. The lowest BCUT2D eigenvalue weighted by Gasteiger charge is -2.27. The highest BCUT2D eigenvalue weighted by atomic mass is 14.3. The van der Waals surface area contributed by atoms with Crippen molar-refractivity contribution in [1.82, 2.24) is 0 Å². The van der Waals surface area contributed by atoms with Crippen LogP contribution in [0.2, 0.25) is 0 Å². The Kier molecular flexibility index (Phi) is 9.37.